The minimum atomic E-state index is -0.703. The molecule has 56 heavy (non-hydrogen) atoms. The van der Waals surface area contributed by atoms with Gasteiger partial charge in [0.25, 0.3) is 5.91 Å². The van der Waals surface area contributed by atoms with E-state index in [1.54, 1.807) is 12.1 Å². The minimum absolute atomic E-state index is 0. The summed E-state index contributed by atoms with van der Waals surface area (Å²) < 4.78 is 43.9. The van der Waals surface area contributed by atoms with E-state index in [4.69, 9.17) is 24.4 Å². The van der Waals surface area contributed by atoms with Crippen molar-refractivity contribution in [2.45, 2.75) is 13.1 Å². The maximum atomic E-state index is 13.8. The molecule has 6 aromatic rings. The zero-order chi connectivity index (χ0) is 38.9. The number of hydrogen-bond acceptors (Lipinski definition) is 11. The summed E-state index contributed by atoms with van der Waals surface area (Å²) in [7, 11) is 2.27. The molecular formula is C42H46F2N4O6S2. The fraction of sp³-hybridized carbons (Fsp3) is 0.286. The van der Waals surface area contributed by atoms with Gasteiger partial charge in [0.1, 0.15) is 39.9 Å². The lowest BCUT2D eigenvalue weighted by molar-refractivity contribution is 0.0601. The Morgan fingerprint density at radius 3 is 1.46 bits per heavy atom. The van der Waals surface area contributed by atoms with Crippen molar-refractivity contribution < 1.29 is 37.0 Å². The minimum Gasteiger partial charge on any atom is -0.465 e. The van der Waals surface area contributed by atoms with Crippen molar-refractivity contribution in [3.05, 3.63) is 119 Å². The van der Waals surface area contributed by atoms with Gasteiger partial charge >= 0.3 is 5.97 Å². The number of ether oxygens (including phenoxy) is 1. The summed E-state index contributed by atoms with van der Waals surface area (Å²) in [6.45, 7) is 6.38. The molecule has 2 aromatic heterocycles. The van der Waals surface area contributed by atoms with E-state index in [1.807, 2.05) is 47.8 Å². The van der Waals surface area contributed by atoms with E-state index in [1.165, 1.54) is 53.4 Å². The highest BCUT2D eigenvalue weighted by atomic mass is 32.2. The van der Waals surface area contributed by atoms with Crippen LogP contribution in [0.4, 0.5) is 8.78 Å². The summed E-state index contributed by atoms with van der Waals surface area (Å²) in [6, 6.07) is 24.8. The van der Waals surface area contributed by atoms with Crippen LogP contribution >= 0.6 is 23.5 Å². The van der Waals surface area contributed by atoms with Gasteiger partial charge in [-0.1, -0.05) is 48.5 Å². The number of aliphatic hydroxyl groups is 1. The van der Waals surface area contributed by atoms with E-state index in [0.717, 1.165) is 69.6 Å². The first-order chi connectivity index (χ1) is 26.7. The number of carbonyl (C=O) groups is 2. The number of rotatable bonds is 8. The first kappa shape index (κ1) is 42.4. The number of esters is 1. The van der Waals surface area contributed by atoms with Crippen LogP contribution in [0.25, 0.3) is 44.6 Å². The van der Waals surface area contributed by atoms with Crippen LogP contribution in [0.5, 0.6) is 0 Å². The summed E-state index contributed by atoms with van der Waals surface area (Å²) in [5.74, 6) is 3.63. The first-order valence-corrected chi connectivity index (χ1v) is 20.1. The number of methoxy groups -OCH3 is 1. The van der Waals surface area contributed by atoms with Gasteiger partial charge in [-0.3, -0.25) is 14.6 Å². The van der Waals surface area contributed by atoms with Crippen LogP contribution in [0.2, 0.25) is 0 Å². The quantitative estimate of drug-likeness (QED) is 0.127. The zero-order valence-corrected chi connectivity index (χ0v) is 33.0. The molecule has 2 fully saturated rings. The van der Waals surface area contributed by atoms with Crippen LogP contribution in [0.1, 0.15) is 31.8 Å². The second kappa shape index (κ2) is 19.9. The molecule has 4 heterocycles. The average molecular weight is 805 g/mol. The molecule has 0 spiro atoms. The number of aliphatic hydroxyl groups excluding tert-OH is 1. The van der Waals surface area contributed by atoms with Crippen LogP contribution < -0.4 is 11.9 Å². The number of thioether (sulfide) groups is 2. The van der Waals surface area contributed by atoms with Crippen molar-refractivity contribution in [1.29, 1.82) is 0 Å². The number of benzene rings is 4. The Hall–Kier alpha value is -4.70. The Balaban J connectivity index is 0.000000202. The van der Waals surface area contributed by atoms with Gasteiger partial charge in [-0.05, 0) is 47.5 Å². The van der Waals surface area contributed by atoms with E-state index in [-0.39, 0.29) is 17.3 Å². The van der Waals surface area contributed by atoms with E-state index in [9.17, 15) is 18.4 Å². The third-order valence-corrected chi connectivity index (χ3v) is 11.2. The SMILES string of the molecule is CO.COC(=O)c1cc(F)cc2cc(-c3ccc(CN4CCSCC4)cc3)oc12.N.NC(=O)c1cc(F)cc2cc(-c3ccc(CN4CCSCC4)cc3)oc12. The number of nitrogens with two attached hydrogens (primary N) is 1. The predicted octanol–water partition coefficient (Wildman–Crippen LogP) is 8.23. The molecule has 0 radical (unpaired) electrons. The Labute approximate surface area is 332 Å². The third-order valence-electron chi connectivity index (χ3n) is 9.33. The van der Waals surface area contributed by atoms with Crippen molar-refractivity contribution in [2.75, 3.05) is 63.4 Å². The van der Waals surface area contributed by atoms with Crippen molar-refractivity contribution in [2.24, 2.45) is 5.73 Å². The number of halogens is 2. The monoisotopic (exact) mass is 804 g/mol. The topological polar surface area (TPSA) is 157 Å². The number of hydrogen-bond donors (Lipinski definition) is 3. The maximum absolute atomic E-state index is 13.8. The van der Waals surface area contributed by atoms with Crippen LogP contribution in [-0.2, 0) is 17.8 Å². The summed E-state index contributed by atoms with van der Waals surface area (Å²) >= 11 is 4.00. The second-order valence-corrected chi connectivity index (χ2v) is 15.4. The Bertz CT molecular complexity index is 2230. The average Bonchev–Trinajstić information content (AvgIpc) is 3.84. The Morgan fingerprint density at radius 1 is 0.679 bits per heavy atom. The van der Waals surface area contributed by atoms with Gasteiger partial charge in [-0.2, -0.15) is 23.5 Å². The number of fused-ring (bicyclic) bond motifs is 2. The molecule has 296 valence electrons. The molecule has 4 aromatic carbocycles. The molecule has 14 heteroatoms. The van der Waals surface area contributed by atoms with E-state index < -0.39 is 23.5 Å². The fourth-order valence-electron chi connectivity index (χ4n) is 6.55. The number of carbonyl (C=O) groups excluding carboxylic acids is 2. The molecule has 6 N–H and O–H groups in total. The summed E-state index contributed by atoms with van der Waals surface area (Å²) in [5, 5.41) is 8.07. The predicted molar refractivity (Wildman–Crippen MR) is 221 cm³/mol. The van der Waals surface area contributed by atoms with Gasteiger partial charge in [-0.25, -0.2) is 13.6 Å². The molecule has 0 bridgehead atoms. The van der Waals surface area contributed by atoms with E-state index in [2.05, 4.69) is 34.1 Å². The van der Waals surface area contributed by atoms with Gasteiger partial charge in [0, 0.05) is 91.3 Å². The summed E-state index contributed by atoms with van der Waals surface area (Å²) in [4.78, 5) is 28.3. The lowest BCUT2D eigenvalue weighted by Crippen LogP contribution is -2.31. The van der Waals surface area contributed by atoms with Gasteiger partial charge < -0.3 is 30.6 Å². The molecular weight excluding hydrogens is 759 g/mol. The second-order valence-electron chi connectivity index (χ2n) is 13.0. The molecule has 0 atom stereocenters. The van der Waals surface area contributed by atoms with E-state index >= 15 is 0 Å². The lowest BCUT2D eigenvalue weighted by Gasteiger charge is -2.26. The number of amides is 1. The van der Waals surface area contributed by atoms with Crippen LogP contribution in [0.3, 0.4) is 0 Å². The van der Waals surface area contributed by atoms with Crippen molar-refractivity contribution in [1.82, 2.24) is 16.0 Å². The molecule has 2 aliphatic heterocycles. The number of furan rings is 2. The first-order valence-electron chi connectivity index (χ1n) is 17.8. The molecule has 0 saturated carbocycles. The third kappa shape index (κ3) is 10.4. The maximum Gasteiger partial charge on any atom is 0.341 e. The molecule has 10 nitrogen and oxygen atoms in total. The molecule has 2 saturated heterocycles. The number of primary amides is 1. The van der Waals surface area contributed by atoms with Crippen LogP contribution in [0.15, 0.2) is 93.8 Å². The van der Waals surface area contributed by atoms with Gasteiger partial charge in [0.15, 0.2) is 0 Å². The number of nitrogens with zero attached hydrogens (tertiary/aromatic N) is 2. The van der Waals surface area contributed by atoms with Gasteiger partial charge in [0.05, 0.1) is 12.7 Å². The molecule has 1 amide bonds. The standard InChI is InChI=1S/C21H20FNO3S.C20H19FN2O2S.CH4O.H3N/c1-25-21(24)18-12-17(22)10-16-11-19(26-20(16)18)15-4-2-14(3-5-15)13-23-6-8-27-9-7-23;21-16-9-15-10-18(25-19(15)17(11-16)20(22)24)14-3-1-13(2-4-14)12-23-5-7-26-8-6-23;1-2;/h2-5,10-12H,6-9,13H2,1H3;1-4,9-11H,5-8,12H2,(H2,22,24);2H,1H3;1H3. The Morgan fingerprint density at radius 2 is 1.07 bits per heavy atom. The van der Waals surface area contributed by atoms with Crippen LogP contribution in [-0.4, -0.2) is 90.2 Å². The highest BCUT2D eigenvalue weighted by Crippen LogP contribution is 2.33. The summed E-state index contributed by atoms with van der Waals surface area (Å²) in [5.41, 5.74) is 10.4. The van der Waals surface area contributed by atoms with Crippen LogP contribution in [0, 0.1) is 11.6 Å². The molecule has 8 rings (SSSR count). The lowest BCUT2D eigenvalue weighted by atomic mass is 10.1. The fourth-order valence-corrected chi connectivity index (χ4v) is 8.50. The van der Waals surface area contributed by atoms with Gasteiger partial charge in [-0.15, -0.1) is 0 Å². The smallest absolute Gasteiger partial charge is 0.341 e. The largest absolute Gasteiger partial charge is 0.465 e. The van der Waals surface area contributed by atoms with Crippen molar-refractivity contribution in [3.8, 4) is 22.6 Å². The Kier molecular flexibility index (Phi) is 15.1. The molecule has 2 aliphatic rings. The molecule has 0 unspecified atom stereocenters. The molecule has 0 aliphatic carbocycles. The highest BCUT2D eigenvalue weighted by Gasteiger charge is 2.19. The van der Waals surface area contributed by atoms with E-state index in [0.29, 0.717) is 33.5 Å². The highest BCUT2D eigenvalue weighted by molar-refractivity contribution is 7.99. The van der Waals surface area contributed by atoms with Crippen molar-refractivity contribution >= 4 is 57.3 Å². The summed E-state index contributed by atoms with van der Waals surface area (Å²) in [6.07, 6.45) is 0. The zero-order valence-electron chi connectivity index (χ0n) is 31.4. The normalized spacial score (nSPS) is 14.6. The van der Waals surface area contributed by atoms with Gasteiger partial charge in [0.2, 0.25) is 0 Å². The van der Waals surface area contributed by atoms with Crippen molar-refractivity contribution in [3.63, 3.8) is 0 Å².